The molecule has 19 heteroatoms. The number of thiophene rings is 1. The Kier molecular flexibility index (Phi) is 15.9. The van der Waals surface area contributed by atoms with Crippen LogP contribution in [0.1, 0.15) is 45.3 Å². The molecule has 5 aromatic rings. The van der Waals surface area contributed by atoms with Gasteiger partial charge >= 0.3 is 5.97 Å². The number of carboxylic acids is 1. The molecule has 2 aromatic carbocycles. The molecular formula is C46H53Cl2N9O7S. The number of halogens is 2. The highest BCUT2D eigenvalue weighted by Crippen LogP contribution is 2.41. The number of anilines is 2. The lowest BCUT2D eigenvalue weighted by molar-refractivity contribution is -0.121. The van der Waals surface area contributed by atoms with Crippen molar-refractivity contribution < 1.29 is 33.6 Å². The average molecular weight is 947 g/mol. The molecule has 2 aliphatic rings. The average Bonchev–Trinajstić information content (AvgIpc) is 3.80. The third-order valence-electron chi connectivity index (χ3n) is 11.4. The van der Waals surface area contributed by atoms with Gasteiger partial charge in [-0.3, -0.25) is 30.4 Å². The lowest BCUT2D eigenvalue weighted by atomic mass is 9.99. The van der Waals surface area contributed by atoms with E-state index in [0.717, 1.165) is 65.1 Å². The van der Waals surface area contributed by atoms with Gasteiger partial charge in [0.2, 0.25) is 11.8 Å². The Morgan fingerprint density at radius 1 is 0.954 bits per heavy atom. The standard InChI is InChI=1S/C46H53Cl2N9O7S/c1-27-28(2)65-45-41(27)42(30-5-7-31(47)8-6-30)53-38(43(50)57(45)29(3)49)25-40(58)51-11-17-62-19-21-64-22-20-63-18-16-55-12-14-56(15-13-55)39-10-9-32(44(54-39)61-4)33-23-34-35(46(59)60)26-52-37(34)24-36(33)48/h5-10,23-24,26,38,49-50,52H,11-22,25H2,1-4H3,(H,51,58)(H,59,60). The first-order chi connectivity index (χ1) is 31.3. The maximum atomic E-state index is 13.1. The molecule has 1 atom stereocenters. The van der Waals surface area contributed by atoms with Gasteiger partial charge in [0, 0.05) is 88.5 Å². The molecule has 344 valence electrons. The Morgan fingerprint density at radius 2 is 1.65 bits per heavy atom. The van der Waals surface area contributed by atoms with E-state index in [4.69, 9.17) is 62.9 Å². The first kappa shape index (κ1) is 47.6. The molecule has 5 N–H and O–H groups in total. The Bertz CT molecular complexity index is 2570. The summed E-state index contributed by atoms with van der Waals surface area (Å²) in [5, 5.41) is 32.5. The van der Waals surface area contributed by atoms with Crippen LogP contribution in [0, 0.1) is 24.7 Å². The topological polar surface area (TPSA) is 202 Å². The highest BCUT2D eigenvalue weighted by atomic mass is 35.5. The van der Waals surface area contributed by atoms with Gasteiger partial charge in [-0.05, 0) is 62.7 Å². The minimum absolute atomic E-state index is 0.0565. The quantitative estimate of drug-likeness (QED) is 0.0316. The predicted molar refractivity (Wildman–Crippen MR) is 257 cm³/mol. The lowest BCUT2D eigenvalue weighted by Crippen LogP contribution is -2.47. The van der Waals surface area contributed by atoms with E-state index in [1.165, 1.54) is 17.5 Å². The van der Waals surface area contributed by atoms with Crippen molar-refractivity contribution in [2.24, 2.45) is 4.99 Å². The summed E-state index contributed by atoms with van der Waals surface area (Å²) in [4.78, 5) is 44.8. The zero-order valence-electron chi connectivity index (χ0n) is 36.8. The first-order valence-electron chi connectivity index (χ1n) is 21.3. The first-order valence-corrected chi connectivity index (χ1v) is 22.9. The predicted octanol–water partition coefficient (Wildman–Crippen LogP) is 7.30. The molecule has 2 aliphatic heterocycles. The van der Waals surface area contributed by atoms with Crippen LogP contribution < -0.4 is 19.9 Å². The summed E-state index contributed by atoms with van der Waals surface area (Å²) in [7, 11) is 1.56. The lowest BCUT2D eigenvalue weighted by Gasteiger charge is -2.35. The number of aromatic amines is 1. The maximum absolute atomic E-state index is 13.1. The number of amidine groups is 2. The smallest absolute Gasteiger partial charge is 0.337 e. The number of H-pyrrole nitrogens is 1. The number of amides is 1. The van der Waals surface area contributed by atoms with Crippen LogP contribution in [0.2, 0.25) is 10.0 Å². The van der Waals surface area contributed by atoms with Crippen molar-refractivity contribution >= 4 is 85.5 Å². The van der Waals surface area contributed by atoms with Gasteiger partial charge in [0.05, 0.1) is 69.5 Å². The number of nitrogens with zero attached hydrogens (tertiary/aromatic N) is 5. The summed E-state index contributed by atoms with van der Waals surface area (Å²) in [6, 6.07) is 13.9. The molecule has 7 rings (SSSR count). The van der Waals surface area contributed by atoms with Gasteiger partial charge in [-0.1, -0.05) is 35.3 Å². The summed E-state index contributed by atoms with van der Waals surface area (Å²) in [5.74, 6) is 0.166. The monoisotopic (exact) mass is 945 g/mol. The van der Waals surface area contributed by atoms with Crippen molar-refractivity contribution in [1.82, 2.24) is 20.2 Å². The van der Waals surface area contributed by atoms with Crippen LogP contribution in [-0.4, -0.2) is 141 Å². The van der Waals surface area contributed by atoms with E-state index >= 15 is 0 Å². The number of aryl methyl sites for hydroxylation is 1. The molecule has 1 unspecified atom stereocenters. The van der Waals surface area contributed by atoms with Gasteiger partial charge in [-0.25, -0.2) is 4.79 Å². The maximum Gasteiger partial charge on any atom is 0.337 e. The molecule has 0 radical (unpaired) electrons. The molecule has 1 saturated heterocycles. The van der Waals surface area contributed by atoms with Crippen molar-refractivity contribution in [2.75, 3.05) is 95.8 Å². The summed E-state index contributed by atoms with van der Waals surface area (Å²) < 4.78 is 22.9. The minimum Gasteiger partial charge on any atom is -0.480 e. The van der Waals surface area contributed by atoms with Gasteiger partial charge in [0.15, 0.2) is 0 Å². The summed E-state index contributed by atoms with van der Waals surface area (Å²) in [6.07, 6.45) is 1.40. The SMILES string of the molecule is COc1nc(N2CCN(CCOCCOCCOCCNC(=O)CC3N=C(c4ccc(Cl)cc4)c4c(sc(C)c4C)N(C(C)=N)C3=N)CC2)ccc1-c1cc2c(C(=O)O)c[nH]c2cc1Cl. The Labute approximate surface area is 391 Å². The highest BCUT2D eigenvalue weighted by molar-refractivity contribution is 7.17. The van der Waals surface area contributed by atoms with Crippen molar-refractivity contribution in [1.29, 1.82) is 10.8 Å². The molecule has 5 heterocycles. The van der Waals surface area contributed by atoms with Gasteiger partial charge < -0.3 is 39.3 Å². The number of ether oxygens (including phenoxy) is 4. The van der Waals surface area contributed by atoms with Gasteiger partial charge in [0.1, 0.15) is 28.5 Å². The minimum atomic E-state index is -1.02. The molecule has 1 amide bonds. The van der Waals surface area contributed by atoms with E-state index in [0.29, 0.717) is 89.9 Å². The van der Waals surface area contributed by atoms with Crippen LogP contribution in [0.3, 0.4) is 0 Å². The number of rotatable bonds is 19. The fourth-order valence-corrected chi connectivity index (χ4v) is 9.44. The number of carboxylic acid groups (broad SMARTS) is 1. The molecule has 0 aliphatic carbocycles. The van der Waals surface area contributed by atoms with E-state index in [1.807, 2.05) is 38.1 Å². The third-order valence-corrected chi connectivity index (χ3v) is 13.1. The molecule has 0 saturated carbocycles. The van der Waals surface area contributed by atoms with Crippen molar-refractivity contribution in [3.05, 3.63) is 91.9 Å². The molecule has 0 bridgehead atoms. The van der Waals surface area contributed by atoms with Gasteiger partial charge in [0.25, 0.3) is 0 Å². The molecule has 1 fully saturated rings. The summed E-state index contributed by atoms with van der Waals surface area (Å²) in [6.45, 7) is 12.6. The van der Waals surface area contributed by atoms with Gasteiger partial charge in [-0.2, -0.15) is 4.98 Å². The largest absolute Gasteiger partial charge is 0.480 e. The summed E-state index contributed by atoms with van der Waals surface area (Å²) >= 11 is 14.3. The van der Waals surface area contributed by atoms with Crippen LogP contribution in [-0.2, 0) is 19.0 Å². The van der Waals surface area contributed by atoms with E-state index in [-0.39, 0.29) is 29.6 Å². The normalized spacial score (nSPS) is 15.5. The molecule has 0 spiro atoms. The Balaban J connectivity index is 0.772. The number of hydrogen-bond donors (Lipinski definition) is 5. The second kappa shape index (κ2) is 21.7. The molecule has 16 nitrogen and oxygen atoms in total. The van der Waals surface area contributed by atoms with Crippen molar-refractivity contribution in [3.8, 4) is 17.0 Å². The fourth-order valence-electron chi connectivity index (χ4n) is 7.83. The van der Waals surface area contributed by atoms with Crippen molar-refractivity contribution in [3.63, 3.8) is 0 Å². The van der Waals surface area contributed by atoms with Crippen LogP contribution in [0.5, 0.6) is 5.88 Å². The highest BCUT2D eigenvalue weighted by Gasteiger charge is 2.35. The molecular weight excluding hydrogens is 894 g/mol. The van der Waals surface area contributed by atoms with E-state index < -0.39 is 12.0 Å². The number of carbonyl (C=O) groups excluding carboxylic acids is 1. The number of methoxy groups -OCH3 is 1. The Hall–Kier alpha value is -5.40. The second-order valence-corrected chi connectivity index (χ2v) is 17.6. The van der Waals surface area contributed by atoms with E-state index in [2.05, 4.69) is 20.1 Å². The number of aromatic nitrogens is 2. The van der Waals surface area contributed by atoms with Crippen LogP contribution in [0.4, 0.5) is 10.8 Å². The number of pyridine rings is 1. The number of carbonyl (C=O) groups is 2. The van der Waals surface area contributed by atoms with Crippen LogP contribution >= 0.6 is 34.5 Å². The number of fused-ring (bicyclic) bond motifs is 2. The summed E-state index contributed by atoms with van der Waals surface area (Å²) in [5.41, 5.74) is 5.51. The van der Waals surface area contributed by atoms with Crippen molar-refractivity contribution in [2.45, 2.75) is 33.2 Å². The number of aliphatic imine (C=N–C) groups is 1. The number of nitrogens with one attached hydrogen (secondary N) is 4. The number of hydrogen-bond acceptors (Lipinski definition) is 13. The number of piperazine rings is 1. The zero-order chi connectivity index (χ0) is 46.2. The molecule has 65 heavy (non-hydrogen) atoms. The third kappa shape index (κ3) is 11.2. The zero-order valence-corrected chi connectivity index (χ0v) is 39.1. The molecule has 3 aromatic heterocycles. The van der Waals surface area contributed by atoms with Gasteiger partial charge in [-0.15, -0.1) is 11.3 Å². The van der Waals surface area contributed by atoms with Crippen LogP contribution in [0.25, 0.3) is 22.0 Å². The second-order valence-electron chi connectivity index (χ2n) is 15.6. The van der Waals surface area contributed by atoms with E-state index in [9.17, 15) is 14.7 Å². The Morgan fingerprint density at radius 3 is 2.32 bits per heavy atom. The number of benzene rings is 2. The number of aromatic carboxylic acids is 1. The van der Waals surface area contributed by atoms with E-state index in [1.54, 1.807) is 43.2 Å². The van der Waals surface area contributed by atoms with Crippen LogP contribution in [0.15, 0.2) is 59.7 Å². The fraction of sp³-hybridized carbons (Fsp3) is 0.391.